The van der Waals surface area contributed by atoms with E-state index >= 15 is 0 Å². The average molecular weight is 476 g/mol. The molecule has 1 fully saturated rings. The van der Waals surface area contributed by atoms with E-state index in [9.17, 15) is 9.59 Å². The van der Waals surface area contributed by atoms with Gasteiger partial charge in [-0.1, -0.05) is 49.4 Å². The highest BCUT2D eigenvalue weighted by Crippen LogP contribution is 2.24. The molecule has 0 unspecified atom stereocenters. The van der Waals surface area contributed by atoms with Gasteiger partial charge in [0.1, 0.15) is 0 Å². The van der Waals surface area contributed by atoms with Crippen molar-refractivity contribution in [3.63, 3.8) is 0 Å². The van der Waals surface area contributed by atoms with Gasteiger partial charge in [-0.15, -0.1) is 0 Å². The standard InChI is InChI=1S/C27H33N5O3/c1-3-26(34)31(13-12-30-14-16-35-17-15-30)20-25(33)29-27-28-24(22-9-5-4-6-10-22)19-32(27)23-11-7-8-21(2)18-23/h4-11,18-19H,3,12-17,20H2,1-2H3,(H,28,29,33). The fourth-order valence-electron chi connectivity index (χ4n) is 4.13. The lowest BCUT2D eigenvalue weighted by atomic mass is 10.2. The van der Waals surface area contributed by atoms with Gasteiger partial charge in [-0.3, -0.25) is 24.4 Å². The molecule has 1 aliphatic rings. The smallest absolute Gasteiger partial charge is 0.246 e. The summed E-state index contributed by atoms with van der Waals surface area (Å²) in [6, 6.07) is 17.9. The lowest BCUT2D eigenvalue weighted by Crippen LogP contribution is -2.45. The van der Waals surface area contributed by atoms with Gasteiger partial charge in [0.2, 0.25) is 17.8 Å². The third-order valence-electron chi connectivity index (χ3n) is 6.09. The molecule has 0 atom stereocenters. The number of benzene rings is 2. The van der Waals surface area contributed by atoms with Crippen molar-refractivity contribution >= 4 is 17.8 Å². The average Bonchev–Trinajstić information content (AvgIpc) is 3.31. The number of aromatic nitrogens is 2. The molecule has 0 saturated carbocycles. The van der Waals surface area contributed by atoms with Gasteiger partial charge in [0, 0.05) is 50.0 Å². The summed E-state index contributed by atoms with van der Waals surface area (Å²) in [5.74, 6) is 0.116. The van der Waals surface area contributed by atoms with Crippen molar-refractivity contribution in [3.8, 4) is 16.9 Å². The first-order chi connectivity index (χ1) is 17.0. The molecule has 8 heteroatoms. The number of morpholine rings is 1. The monoisotopic (exact) mass is 475 g/mol. The number of rotatable bonds is 9. The van der Waals surface area contributed by atoms with Gasteiger partial charge in [-0.2, -0.15) is 0 Å². The number of hydrogen-bond donors (Lipinski definition) is 1. The molecule has 1 aromatic heterocycles. The first kappa shape index (κ1) is 24.6. The van der Waals surface area contributed by atoms with Crippen molar-refractivity contribution in [1.82, 2.24) is 19.4 Å². The molecule has 8 nitrogen and oxygen atoms in total. The highest BCUT2D eigenvalue weighted by atomic mass is 16.5. The van der Waals surface area contributed by atoms with Crippen LogP contribution in [-0.4, -0.2) is 77.1 Å². The van der Waals surface area contributed by atoms with Crippen LogP contribution in [0.1, 0.15) is 18.9 Å². The maximum absolute atomic E-state index is 13.1. The highest BCUT2D eigenvalue weighted by molar-refractivity contribution is 5.93. The van der Waals surface area contributed by atoms with Crippen LogP contribution < -0.4 is 5.32 Å². The third kappa shape index (κ3) is 6.55. The largest absolute Gasteiger partial charge is 0.379 e. The number of imidazole rings is 1. The zero-order chi connectivity index (χ0) is 24.6. The number of ether oxygens (including phenoxy) is 1. The van der Waals surface area contributed by atoms with Gasteiger partial charge >= 0.3 is 0 Å². The van der Waals surface area contributed by atoms with Gasteiger partial charge in [0.05, 0.1) is 25.5 Å². The number of anilines is 1. The zero-order valence-corrected chi connectivity index (χ0v) is 20.4. The van der Waals surface area contributed by atoms with Crippen LogP contribution in [0.2, 0.25) is 0 Å². The quantitative estimate of drug-likeness (QED) is 0.513. The van der Waals surface area contributed by atoms with Gasteiger partial charge in [-0.05, 0) is 24.6 Å². The van der Waals surface area contributed by atoms with Crippen molar-refractivity contribution < 1.29 is 14.3 Å². The molecule has 2 aromatic carbocycles. The van der Waals surface area contributed by atoms with E-state index in [1.54, 1.807) is 4.90 Å². The molecule has 0 aliphatic carbocycles. The molecule has 0 bridgehead atoms. The molecule has 184 valence electrons. The summed E-state index contributed by atoms with van der Waals surface area (Å²) in [5.41, 5.74) is 3.74. The molecular weight excluding hydrogens is 442 g/mol. The SMILES string of the molecule is CCC(=O)N(CCN1CCOCC1)CC(=O)Nc1nc(-c2ccccc2)cn1-c1cccc(C)c1. The van der Waals surface area contributed by atoms with E-state index in [4.69, 9.17) is 9.72 Å². The summed E-state index contributed by atoms with van der Waals surface area (Å²) < 4.78 is 7.28. The molecule has 2 heterocycles. The van der Waals surface area contributed by atoms with Crippen molar-refractivity contribution in [2.75, 3.05) is 51.3 Å². The minimum atomic E-state index is -0.270. The van der Waals surface area contributed by atoms with Crippen LogP contribution in [0.15, 0.2) is 60.8 Å². The highest BCUT2D eigenvalue weighted by Gasteiger charge is 2.20. The maximum atomic E-state index is 13.1. The molecule has 2 amide bonds. The summed E-state index contributed by atoms with van der Waals surface area (Å²) in [5, 5.41) is 2.95. The van der Waals surface area contributed by atoms with E-state index in [0.717, 1.165) is 42.1 Å². The maximum Gasteiger partial charge on any atom is 0.246 e. The summed E-state index contributed by atoms with van der Waals surface area (Å²) >= 11 is 0. The van der Waals surface area contributed by atoms with Crippen molar-refractivity contribution in [2.45, 2.75) is 20.3 Å². The molecule has 3 aromatic rings. The molecule has 0 spiro atoms. The number of nitrogens with zero attached hydrogens (tertiary/aromatic N) is 4. The van der Waals surface area contributed by atoms with E-state index in [2.05, 4.69) is 10.2 Å². The number of carbonyl (C=O) groups excluding carboxylic acids is 2. The van der Waals surface area contributed by atoms with Crippen LogP contribution in [0.4, 0.5) is 5.95 Å². The van der Waals surface area contributed by atoms with E-state index < -0.39 is 0 Å². The molecule has 0 radical (unpaired) electrons. The Hall–Kier alpha value is -3.49. The van der Waals surface area contributed by atoms with E-state index in [1.165, 1.54) is 0 Å². The van der Waals surface area contributed by atoms with Gasteiger partial charge in [0.15, 0.2) is 0 Å². The fraction of sp³-hybridized carbons (Fsp3) is 0.370. The summed E-state index contributed by atoms with van der Waals surface area (Å²) in [6.07, 6.45) is 2.28. The second-order valence-corrected chi connectivity index (χ2v) is 8.70. The Kier molecular flexibility index (Phi) is 8.28. The normalized spacial score (nSPS) is 14.0. The predicted molar refractivity (Wildman–Crippen MR) is 136 cm³/mol. The number of amides is 2. The number of nitrogens with one attached hydrogen (secondary N) is 1. The van der Waals surface area contributed by atoms with E-state index in [-0.39, 0.29) is 18.4 Å². The minimum Gasteiger partial charge on any atom is -0.379 e. The topological polar surface area (TPSA) is 79.7 Å². The predicted octanol–water partition coefficient (Wildman–Crippen LogP) is 3.36. The number of carbonyl (C=O) groups is 2. The first-order valence-electron chi connectivity index (χ1n) is 12.1. The molecule has 1 N–H and O–H groups in total. The summed E-state index contributed by atoms with van der Waals surface area (Å²) in [4.78, 5) is 34.3. The lowest BCUT2D eigenvalue weighted by molar-refractivity contribution is -0.134. The molecule has 4 rings (SSSR count). The van der Waals surface area contributed by atoms with Gasteiger partial charge in [-0.25, -0.2) is 4.98 Å². The summed E-state index contributed by atoms with van der Waals surface area (Å²) in [6.45, 7) is 8.14. The van der Waals surface area contributed by atoms with Crippen LogP contribution in [0.5, 0.6) is 0 Å². The third-order valence-corrected chi connectivity index (χ3v) is 6.09. The molecule has 1 aliphatic heterocycles. The van der Waals surface area contributed by atoms with Crippen LogP contribution in [0, 0.1) is 6.92 Å². The van der Waals surface area contributed by atoms with Crippen LogP contribution >= 0.6 is 0 Å². The van der Waals surface area contributed by atoms with Crippen LogP contribution in [0.3, 0.4) is 0 Å². The van der Waals surface area contributed by atoms with Gasteiger partial charge in [0.25, 0.3) is 0 Å². The van der Waals surface area contributed by atoms with Gasteiger partial charge < -0.3 is 9.64 Å². The second kappa shape index (κ2) is 11.8. The van der Waals surface area contributed by atoms with Crippen LogP contribution in [0.25, 0.3) is 16.9 Å². The zero-order valence-electron chi connectivity index (χ0n) is 20.4. The van der Waals surface area contributed by atoms with Crippen molar-refractivity contribution in [1.29, 1.82) is 0 Å². The Bertz CT molecular complexity index is 1140. The second-order valence-electron chi connectivity index (χ2n) is 8.70. The molecular formula is C27H33N5O3. The molecule has 35 heavy (non-hydrogen) atoms. The van der Waals surface area contributed by atoms with E-state index in [0.29, 0.717) is 32.1 Å². The van der Waals surface area contributed by atoms with Crippen molar-refractivity contribution in [3.05, 3.63) is 66.4 Å². The molecule has 1 saturated heterocycles. The Morgan fingerprint density at radius 2 is 1.86 bits per heavy atom. The Labute approximate surface area is 206 Å². The van der Waals surface area contributed by atoms with Crippen LogP contribution in [-0.2, 0) is 14.3 Å². The van der Waals surface area contributed by atoms with Crippen molar-refractivity contribution in [2.24, 2.45) is 0 Å². The Morgan fingerprint density at radius 1 is 1.09 bits per heavy atom. The summed E-state index contributed by atoms with van der Waals surface area (Å²) in [7, 11) is 0. The Morgan fingerprint density at radius 3 is 2.57 bits per heavy atom. The fourth-order valence-corrected chi connectivity index (χ4v) is 4.13. The van der Waals surface area contributed by atoms with E-state index in [1.807, 2.05) is 79.2 Å². The number of aryl methyl sites for hydroxylation is 1. The lowest BCUT2D eigenvalue weighted by Gasteiger charge is -2.29. The first-order valence-corrected chi connectivity index (χ1v) is 12.1. The Balaban J connectivity index is 1.52. The minimum absolute atomic E-state index is 0.0155. The number of hydrogen-bond acceptors (Lipinski definition) is 5.